The molecule has 1 aromatic rings. The van der Waals surface area contributed by atoms with Gasteiger partial charge in [0.15, 0.2) is 11.6 Å². The topological polar surface area (TPSA) is 38.8 Å². The molecule has 1 saturated heterocycles. The Bertz CT molecular complexity index is 425. The minimum absolute atomic E-state index is 0.243. The lowest BCUT2D eigenvalue weighted by molar-refractivity contribution is -0.123. The Kier molecular flexibility index (Phi) is 4.28. The monoisotopic (exact) mass is 253 g/mol. The van der Waals surface area contributed by atoms with E-state index in [0.717, 1.165) is 6.29 Å². The van der Waals surface area contributed by atoms with Crippen LogP contribution in [0.2, 0.25) is 0 Å². The van der Waals surface area contributed by atoms with Gasteiger partial charge in [-0.1, -0.05) is 12.1 Å². The van der Waals surface area contributed by atoms with E-state index < -0.39 is 6.10 Å². The zero-order valence-electron chi connectivity index (χ0n) is 10.3. The number of ether oxygens (including phenoxy) is 2. The lowest BCUT2D eigenvalue weighted by atomic mass is 10.1. The number of carbonyl (C=O) groups excluding carboxylic acids is 1. The SMILES string of the molecule is COc1cccc(CN2CCOC(C=O)C2)c1F. The predicted octanol–water partition coefficient (Wildman–Crippen LogP) is 1.23. The highest BCUT2D eigenvalue weighted by Gasteiger charge is 2.21. The molecule has 0 bridgehead atoms. The summed E-state index contributed by atoms with van der Waals surface area (Å²) in [5.41, 5.74) is 0.570. The summed E-state index contributed by atoms with van der Waals surface area (Å²) in [5, 5.41) is 0. The molecule has 2 rings (SSSR count). The van der Waals surface area contributed by atoms with Crippen molar-refractivity contribution in [3.05, 3.63) is 29.6 Å². The average molecular weight is 253 g/mol. The Morgan fingerprint density at radius 1 is 1.61 bits per heavy atom. The van der Waals surface area contributed by atoms with Crippen molar-refractivity contribution in [2.75, 3.05) is 26.8 Å². The second-order valence-corrected chi connectivity index (χ2v) is 4.21. The average Bonchev–Trinajstić information content (AvgIpc) is 2.41. The molecule has 1 heterocycles. The number of aldehydes is 1. The summed E-state index contributed by atoms with van der Waals surface area (Å²) in [5.74, 6) is -0.0955. The van der Waals surface area contributed by atoms with Gasteiger partial charge in [0.2, 0.25) is 0 Å². The van der Waals surface area contributed by atoms with E-state index in [1.807, 2.05) is 4.90 Å². The van der Waals surface area contributed by atoms with E-state index in [1.165, 1.54) is 7.11 Å². The van der Waals surface area contributed by atoms with Crippen molar-refractivity contribution >= 4 is 6.29 Å². The summed E-state index contributed by atoms with van der Waals surface area (Å²) >= 11 is 0. The number of rotatable bonds is 4. The molecule has 0 radical (unpaired) electrons. The molecule has 5 heteroatoms. The highest BCUT2D eigenvalue weighted by atomic mass is 19.1. The van der Waals surface area contributed by atoms with Crippen LogP contribution in [0.15, 0.2) is 18.2 Å². The minimum Gasteiger partial charge on any atom is -0.494 e. The molecule has 0 N–H and O–H groups in total. The molecule has 1 unspecified atom stereocenters. The Labute approximate surface area is 105 Å². The molecule has 0 saturated carbocycles. The summed E-state index contributed by atoms with van der Waals surface area (Å²) in [6.45, 7) is 2.15. The molecule has 1 aliphatic rings. The van der Waals surface area contributed by atoms with E-state index in [-0.39, 0.29) is 11.6 Å². The maximum Gasteiger partial charge on any atom is 0.169 e. The molecular formula is C13H16FNO3. The summed E-state index contributed by atoms with van der Waals surface area (Å²) in [6.07, 6.45) is 0.376. The third-order valence-electron chi connectivity index (χ3n) is 2.99. The van der Waals surface area contributed by atoms with E-state index in [1.54, 1.807) is 18.2 Å². The van der Waals surface area contributed by atoms with Gasteiger partial charge in [-0.2, -0.15) is 0 Å². The smallest absolute Gasteiger partial charge is 0.169 e. The number of nitrogens with zero attached hydrogens (tertiary/aromatic N) is 1. The fraction of sp³-hybridized carbons (Fsp3) is 0.462. The van der Waals surface area contributed by atoms with Gasteiger partial charge >= 0.3 is 0 Å². The first-order chi connectivity index (χ1) is 8.74. The van der Waals surface area contributed by atoms with E-state index in [2.05, 4.69) is 0 Å². The zero-order chi connectivity index (χ0) is 13.0. The van der Waals surface area contributed by atoms with Crippen LogP contribution in [0.5, 0.6) is 5.75 Å². The summed E-state index contributed by atoms with van der Waals surface area (Å²) in [6, 6.07) is 5.07. The first kappa shape index (κ1) is 13.0. The Morgan fingerprint density at radius 3 is 3.17 bits per heavy atom. The number of morpholine rings is 1. The van der Waals surface area contributed by atoms with Crippen LogP contribution in [0, 0.1) is 5.82 Å². The normalized spacial score (nSPS) is 20.7. The van der Waals surface area contributed by atoms with E-state index in [9.17, 15) is 9.18 Å². The van der Waals surface area contributed by atoms with Crippen LogP contribution in [-0.2, 0) is 16.1 Å². The second-order valence-electron chi connectivity index (χ2n) is 4.21. The highest BCUT2D eigenvalue weighted by molar-refractivity contribution is 5.56. The Morgan fingerprint density at radius 2 is 2.44 bits per heavy atom. The standard InChI is InChI=1S/C13H16FNO3/c1-17-12-4-2-3-10(13(12)14)7-15-5-6-18-11(8-15)9-16/h2-4,9,11H,5-8H2,1H3. The zero-order valence-corrected chi connectivity index (χ0v) is 10.3. The van der Waals surface area contributed by atoms with Gasteiger partial charge in [-0.05, 0) is 6.07 Å². The third kappa shape index (κ3) is 2.86. The van der Waals surface area contributed by atoms with E-state index in [0.29, 0.717) is 31.8 Å². The van der Waals surface area contributed by atoms with Crippen molar-refractivity contribution in [1.82, 2.24) is 4.90 Å². The van der Waals surface area contributed by atoms with Gasteiger partial charge in [0.05, 0.1) is 13.7 Å². The molecule has 98 valence electrons. The largest absolute Gasteiger partial charge is 0.494 e. The highest BCUT2D eigenvalue weighted by Crippen LogP contribution is 2.21. The van der Waals surface area contributed by atoms with Gasteiger partial charge in [0.25, 0.3) is 0 Å². The molecule has 0 spiro atoms. The predicted molar refractivity (Wildman–Crippen MR) is 64.0 cm³/mol. The van der Waals surface area contributed by atoms with Gasteiger partial charge in [-0.15, -0.1) is 0 Å². The molecule has 0 aromatic heterocycles. The van der Waals surface area contributed by atoms with Crippen molar-refractivity contribution in [3.63, 3.8) is 0 Å². The lowest BCUT2D eigenvalue weighted by Crippen LogP contribution is -2.42. The van der Waals surface area contributed by atoms with Crippen LogP contribution in [0.4, 0.5) is 4.39 Å². The van der Waals surface area contributed by atoms with Gasteiger partial charge in [0.1, 0.15) is 12.4 Å². The number of hydrogen-bond donors (Lipinski definition) is 0. The van der Waals surface area contributed by atoms with Crippen molar-refractivity contribution in [3.8, 4) is 5.75 Å². The molecule has 18 heavy (non-hydrogen) atoms. The first-order valence-corrected chi connectivity index (χ1v) is 5.85. The van der Waals surface area contributed by atoms with Gasteiger partial charge in [0, 0.05) is 25.2 Å². The third-order valence-corrected chi connectivity index (χ3v) is 2.99. The summed E-state index contributed by atoms with van der Waals surface area (Å²) in [4.78, 5) is 12.7. The van der Waals surface area contributed by atoms with Crippen molar-refractivity contribution in [2.24, 2.45) is 0 Å². The van der Waals surface area contributed by atoms with Crippen molar-refractivity contribution in [1.29, 1.82) is 0 Å². The number of benzene rings is 1. The Hall–Kier alpha value is -1.46. The fourth-order valence-corrected chi connectivity index (χ4v) is 2.03. The van der Waals surface area contributed by atoms with E-state index in [4.69, 9.17) is 9.47 Å². The molecule has 1 atom stereocenters. The van der Waals surface area contributed by atoms with Gasteiger partial charge < -0.3 is 14.3 Å². The maximum absolute atomic E-state index is 14.0. The summed E-state index contributed by atoms with van der Waals surface area (Å²) in [7, 11) is 1.44. The molecular weight excluding hydrogens is 237 g/mol. The van der Waals surface area contributed by atoms with Gasteiger partial charge in [-0.3, -0.25) is 4.90 Å². The number of halogens is 1. The molecule has 0 amide bonds. The van der Waals surface area contributed by atoms with Crippen LogP contribution in [0.25, 0.3) is 0 Å². The number of methoxy groups -OCH3 is 1. The summed E-state index contributed by atoms with van der Waals surface area (Å²) < 4.78 is 24.1. The quantitative estimate of drug-likeness (QED) is 0.757. The van der Waals surface area contributed by atoms with Gasteiger partial charge in [-0.25, -0.2) is 4.39 Å². The Balaban J connectivity index is 2.07. The van der Waals surface area contributed by atoms with Crippen LogP contribution >= 0.6 is 0 Å². The maximum atomic E-state index is 14.0. The molecule has 1 aliphatic heterocycles. The first-order valence-electron chi connectivity index (χ1n) is 5.85. The minimum atomic E-state index is -0.410. The molecule has 1 fully saturated rings. The fourth-order valence-electron chi connectivity index (χ4n) is 2.03. The van der Waals surface area contributed by atoms with Crippen LogP contribution < -0.4 is 4.74 Å². The van der Waals surface area contributed by atoms with Crippen molar-refractivity contribution < 1.29 is 18.7 Å². The second kappa shape index (κ2) is 5.93. The molecule has 4 nitrogen and oxygen atoms in total. The number of carbonyl (C=O) groups is 1. The number of hydrogen-bond acceptors (Lipinski definition) is 4. The lowest BCUT2D eigenvalue weighted by Gasteiger charge is -2.30. The van der Waals surface area contributed by atoms with Crippen molar-refractivity contribution in [2.45, 2.75) is 12.6 Å². The van der Waals surface area contributed by atoms with Crippen LogP contribution in [-0.4, -0.2) is 44.1 Å². The molecule has 0 aliphatic carbocycles. The van der Waals surface area contributed by atoms with Crippen LogP contribution in [0.1, 0.15) is 5.56 Å². The van der Waals surface area contributed by atoms with E-state index >= 15 is 0 Å². The molecule has 1 aromatic carbocycles. The van der Waals surface area contributed by atoms with Crippen LogP contribution in [0.3, 0.4) is 0 Å².